The number of furan rings is 1. The second-order valence-corrected chi connectivity index (χ2v) is 3.25. The first-order valence-corrected chi connectivity index (χ1v) is 4.68. The number of aliphatic hydroxyl groups is 1. The minimum atomic E-state index is -0.207. The van der Waals surface area contributed by atoms with Crippen molar-refractivity contribution in [2.24, 2.45) is 0 Å². The number of ether oxygens (including phenoxy) is 2. The van der Waals surface area contributed by atoms with Crippen LogP contribution in [0.25, 0.3) is 11.0 Å². The van der Waals surface area contributed by atoms with Crippen molar-refractivity contribution in [3.05, 3.63) is 17.9 Å². The summed E-state index contributed by atoms with van der Waals surface area (Å²) in [6.45, 7) is -0.207. The van der Waals surface area contributed by atoms with Crippen molar-refractivity contribution in [3.8, 4) is 17.2 Å². The highest BCUT2D eigenvalue weighted by Crippen LogP contribution is 2.43. The molecule has 0 aliphatic heterocycles. The van der Waals surface area contributed by atoms with Gasteiger partial charge in [0.2, 0.25) is 11.5 Å². The van der Waals surface area contributed by atoms with Gasteiger partial charge >= 0.3 is 0 Å². The maximum absolute atomic E-state index is 9.80. The van der Waals surface area contributed by atoms with Crippen molar-refractivity contribution in [1.29, 1.82) is 0 Å². The predicted octanol–water partition coefficient (Wildman–Crippen LogP) is 1.65. The lowest BCUT2D eigenvalue weighted by Gasteiger charge is -2.08. The number of phenols is 1. The fraction of sp³-hybridized carbons (Fsp3) is 0.273. The van der Waals surface area contributed by atoms with Crippen LogP contribution in [0.5, 0.6) is 17.2 Å². The molecule has 0 aliphatic rings. The molecule has 0 radical (unpaired) electrons. The number of fused-ring (bicyclic) bond motifs is 1. The molecule has 0 saturated carbocycles. The van der Waals surface area contributed by atoms with Crippen LogP contribution in [0.15, 0.2) is 16.5 Å². The summed E-state index contributed by atoms with van der Waals surface area (Å²) in [5.74, 6) is 0.793. The van der Waals surface area contributed by atoms with Crippen LogP contribution in [0.2, 0.25) is 0 Å². The first-order valence-electron chi connectivity index (χ1n) is 4.68. The third kappa shape index (κ3) is 1.45. The molecule has 2 N–H and O–H groups in total. The number of benzene rings is 1. The average molecular weight is 224 g/mol. The Kier molecular flexibility index (Phi) is 2.62. The van der Waals surface area contributed by atoms with Crippen molar-refractivity contribution in [2.45, 2.75) is 6.61 Å². The Bertz CT molecular complexity index is 515. The molecule has 5 nitrogen and oxygen atoms in total. The quantitative estimate of drug-likeness (QED) is 0.829. The monoisotopic (exact) mass is 224 g/mol. The molecule has 5 heteroatoms. The van der Waals surface area contributed by atoms with Gasteiger partial charge in [0.1, 0.15) is 12.4 Å². The van der Waals surface area contributed by atoms with E-state index in [0.29, 0.717) is 22.5 Å². The molecule has 0 amide bonds. The van der Waals surface area contributed by atoms with E-state index in [1.807, 2.05) is 0 Å². The molecular formula is C11H12O5. The van der Waals surface area contributed by atoms with Crippen LogP contribution in [-0.4, -0.2) is 24.4 Å². The van der Waals surface area contributed by atoms with Gasteiger partial charge in [0.15, 0.2) is 11.3 Å². The van der Waals surface area contributed by atoms with E-state index in [1.54, 1.807) is 12.1 Å². The molecule has 0 unspecified atom stereocenters. The van der Waals surface area contributed by atoms with Crippen molar-refractivity contribution < 1.29 is 24.1 Å². The summed E-state index contributed by atoms with van der Waals surface area (Å²) < 4.78 is 15.4. The van der Waals surface area contributed by atoms with E-state index in [1.165, 1.54) is 14.2 Å². The van der Waals surface area contributed by atoms with Gasteiger partial charge in [0, 0.05) is 5.39 Å². The largest absolute Gasteiger partial charge is 0.502 e. The average Bonchev–Trinajstić information content (AvgIpc) is 2.71. The highest BCUT2D eigenvalue weighted by molar-refractivity contribution is 5.89. The maximum atomic E-state index is 9.80. The van der Waals surface area contributed by atoms with Gasteiger partial charge in [-0.2, -0.15) is 0 Å². The lowest BCUT2D eigenvalue weighted by molar-refractivity contribution is 0.250. The summed E-state index contributed by atoms with van der Waals surface area (Å²) in [6.07, 6.45) is 0. The van der Waals surface area contributed by atoms with Gasteiger partial charge in [-0.05, 0) is 12.1 Å². The zero-order chi connectivity index (χ0) is 11.7. The normalized spacial score (nSPS) is 10.7. The Balaban J connectivity index is 2.76. The van der Waals surface area contributed by atoms with Gasteiger partial charge in [-0.15, -0.1) is 0 Å². The Hall–Kier alpha value is -1.88. The Labute approximate surface area is 91.8 Å². The molecule has 1 aromatic heterocycles. The van der Waals surface area contributed by atoms with Gasteiger partial charge in [-0.1, -0.05) is 0 Å². The Morgan fingerprint density at radius 2 is 2.00 bits per heavy atom. The molecule has 0 aliphatic carbocycles. The number of aliphatic hydroxyl groups excluding tert-OH is 1. The topological polar surface area (TPSA) is 72.1 Å². The summed E-state index contributed by atoms with van der Waals surface area (Å²) in [7, 11) is 2.88. The van der Waals surface area contributed by atoms with Crippen molar-refractivity contribution >= 4 is 11.0 Å². The molecule has 2 rings (SSSR count). The van der Waals surface area contributed by atoms with E-state index in [-0.39, 0.29) is 18.1 Å². The molecule has 0 spiro atoms. The van der Waals surface area contributed by atoms with E-state index in [4.69, 9.17) is 19.0 Å². The number of hydrogen-bond acceptors (Lipinski definition) is 5. The van der Waals surface area contributed by atoms with Crippen LogP contribution in [0.3, 0.4) is 0 Å². The van der Waals surface area contributed by atoms with Gasteiger partial charge in [-0.25, -0.2) is 0 Å². The lowest BCUT2D eigenvalue weighted by atomic mass is 10.2. The summed E-state index contributed by atoms with van der Waals surface area (Å²) in [6, 6.07) is 3.29. The van der Waals surface area contributed by atoms with Crippen LogP contribution in [-0.2, 0) is 6.61 Å². The van der Waals surface area contributed by atoms with Crippen molar-refractivity contribution in [3.63, 3.8) is 0 Å². The number of aromatic hydroxyl groups is 1. The summed E-state index contributed by atoms with van der Waals surface area (Å²) in [4.78, 5) is 0. The standard InChI is InChI=1S/C11H12O5/c1-14-8-4-6-3-7(5-12)16-10(6)11(15-2)9(8)13/h3-4,12-13H,5H2,1-2H3. The predicted molar refractivity (Wildman–Crippen MR) is 56.9 cm³/mol. The van der Waals surface area contributed by atoms with E-state index in [2.05, 4.69) is 0 Å². The summed E-state index contributed by atoms with van der Waals surface area (Å²) >= 11 is 0. The first-order chi connectivity index (χ1) is 7.71. The fourth-order valence-corrected chi connectivity index (χ4v) is 1.60. The molecular weight excluding hydrogens is 212 g/mol. The SMILES string of the molecule is COc1cc2cc(CO)oc2c(OC)c1O. The summed E-state index contributed by atoms with van der Waals surface area (Å²) in [5, 5.41) is 19.5. The van der Waals surface area contributed by atoms with Crippen LogP contribution >= 0.6 is 0 Å². The van der Waals surface area contributed by atoms with Crippen molar-refractivity contribution in [2.75, 3.05) is 14.2 Å². The molecule has 1 aromatic carbocycles. The highest BCUT2D eigenvalue weighted by Gasteiger charge is 2.17. The van der Waals surface area contributed by atoms with E-state index >= 15 is 0 Å². The molecule has 2 aromatic rings. The van der Waals surface area contributed by atoms with Crippen LogP contribution in [0.4, 0.5) is 0 Å². The number of hydrogen-bond donors (Lipinski definition) is 2. The minimum Gasteiger partial charge on any atom is -0.502 e. The van der Waals surface area contributed by atoms with Gasteiger partial charge in [-0.3, -0.25) is 0 Å². The molecule has 0 fully saturated rings. The molecule has 1 heterocycles. The van der Waals surface area contributed by atoms with E-state index in [0.717, 1.165) is 0 Å². The molecule has 86 valence electrons. The number of phenolic OH excluding ortho intramolecular Hbond substituents is 1. The van der Waals surface area contributed by atoms with E-state index < -0.39 is 0 Å². The second kappa shape index (κ2) is 3.94. The minimum absolute atomic E-state index is 0.115. The zero-order valence-electron chi connectivity index (χ0n) is 8.98. The van der Waals surface area contributed by atoms with Crippen LogP contribution in [0.1, 0.15) is 5.76 Å². The summed E-state index contributed by atoms with van der Waals surface area (Å²) in [5.41, 5.74) is 0.393. The van der Waals surface area contributed by atoms with E-state index in [9.17, 15) is 5.11 Å². The van der Waals surface area contributed by atoms with Gasteiger partial charge < -0.3 is 24.1 Å². The van der Waals surface area contributed by atoms with Crippen LogP contribution in [0, 0.1) is 0 Å². The highest BCUT2D eigenvalue weighted by atomic mass is 16.5. The van der Waals surface area contributed by atoms with Crippen LogP contribution < -0.4 is 9.47 Å². The number of rotatable bonds is 3. The smallest absolute Gasteiger partial charge is 0.208 e. The maximum Gasteiger partial charge on any atom is 0.208 e. The molecule has 0 saturated heterocycles. The Morgan fingerprint density at radius 3 is 2.56 bits per heavy atom. The fourth-order valence-electron chi connectivity index (χ4n) is 1.60. The molecule has 0 bridgehead atoms. The zero-order valence-corrected chi connectivity index (χ0v) is 8.98. The first kappa shape index (κ1) is 10.6. The van der Waals surface area contributed by atoms with Crippen molar-refractivity contribution in [1.82, 2.24) is 0 Å². The molecule has 16 heavy (non-hydrogen) atoms. The lowest BCUT2D eigenvalue weighted by Crippen LogP contribution is -1.89. The number of methoxy groups -OCH3 is 2. The Morgan fingerprint density at radius 1 is 1.25 bits per heavy atom. The second-order valence-electron chi connectivity index (χ2n) is 3.25. The molecule has 0 atom stereocenters. The van der Waals surface area contributed by atoms with Gasteiger partial charge in [0.25, 0.3) is 0 Å². The third-order valence-electron chi connectivity index (χ3n) is 2.33. The third-order valence-corrected chi connectivity index (χ3v) is 2.33. The van der Waals surface area contributed by atoms with Gasteiger partial charge in [0.05, 0.1) is 14.2 Å².